The Morgan fingerprint density at radius 3 is 2.48 bits per heavy atom. The SMILES string of the molecule is CC(C)c1ccc(OCC(=O)c2ccc3c(c2)N(CC(=O)N2CCOCC2)C(=O)CO3)cc1. The molecule has 2 amide bonds. The normalized spacial score (nSPS) is 15.8. The van der Waals surface area contributed by atoms with E-state index < -0.39 is 0 Å². The molecule has 33 heavy (non-hydrogen) atoms. The number of benzene rings is 2. The molecular weight excluding hydrogens is 424 g/mol. The van der Waals surface area contributed by atoms with Gasteiger partial charge in [-0.25, -0.2) is 0 Å². The quantitative estimate of drug-likeness (QED) is 0.601. The van der Waals surface area contributed by atoms with Crippen molar-refractivity contribution < 1.29 is 28.6 Å². The van der Waals surface area contributed by atoms with E-state index in [0.717, 1.165) is 0 Å². The third-order valence-electron chi connectivity index (χ3n) is 5.80. The van der Waals surface area contributed by atoms with Crippen LogP contribution in [-0.4, -0.2) is 68.6 Å². The molecule has 2 aromatic carbocycles. The molecule has 2 aliphatic heterocycles. The topological polar surface area (TPSA) is 85.4 Å². The number of Topliss-reactive ketones (excluding diaryl/α,β-unsaturated/α-hetero) is 1. The summed E-state index contributed by atoms with van der Waals surface area (Å²) in [6.45, 7) is 5.80. The second-order valence-electron chi connectivity index (χ2n) is 8.38. The van der Waals surface area contributed by atoms with E-state index in [0.29, 0.717) is 55.0 Å². The summed E-state index contributed by atoms with van der Waals surface area (Å²) in [6.07, 6.45) is 0. The maximum Gasteiger partial charge on any atom is 0.265 e. The molecule has 1 saturated heterocycles. The number of ketones is 1. The molecule has 8 heteroatoms. The van der Waals surface area contributed by atoms with Gasteiger partial charge in [-0.2, -0.15) is 0 Å². The van der Waals surface area contributed by atoms with Crippen molar-refractivity contribution in [2.75, 3.05) is 51.0 Å². The lowest BCUT2D eigenvalue weighted by molar-refractivity contribution is -0.135. The number of amides is 2. The van der Waals surface area contributed by atoms with Crippen molar-refractivity contribution in [3.8, 4) is 11.5 Å². The van der Waals surface area contributed by atoms with Gasteiger partial charge in [0.2, 0.25) is 5.91 Å². The van der Waals surface area contributed by atoms with Gasteiger partial charge in [0, 0.05) is 18.7 Å². The number of carbonyl (C=O) groups is 3. The summed E-state index contributed by atoms with van der Waals surface area (Å²) in [4.78, 5) is 41.1. The first-order chi connectivity index (χ1) is 15.9. The zero-order valence-corrected chi connectivity index (χ0v) is 18.9. The van der Waals surface area contributed by atoms with E-state index in [4.69, 9.17) is 14.2 Å². The van der Waals surface area contributed by atoms with Gasteiger partial charge < -0.3 is 19.1 Å². The minimum absolute atomic E-state index is 0.106. The highest BCUT2D eigenvalue weighted by atomic mass is 16.5. The minimum atomic E-state index is -0.324. The molecule has 0 spiro atoms. The minimum Gasteiger partial charge on any atom is -0.485 e. The van der Waals surface area contributed by atoms with E-state index >= 15 is 0 Å². The van der Waals surface area contributed by atoms with Gasteiger partial charge in [0.15, 0.2) is 19.0 Å². The van der Waals surface area contributed by atoms with Gasteiger partial charge in [-0.15, -0.1) is 0 Å². The Morgan fingerprint density at radius 1 is 1.06 bits per heavy atom. The van der Waals surface area contributed by atoms with Crippen LogP contribution in [0.2, 0.25) is 0 Å². The predicted molar refractivity (Wildman–Crippen MR) is 122 cm³/mol. The van der Waals surface area contributed by atoms with Crippen LogP contribution in [-0.2, 0) is 14.3 Å². The highest BCUT2D eigenvalue weighted by Crippen LogP contribution is 2.33. The Kier molecular flexibility index (Phi) is 6.93. The number of hydrogen-bond donors (Lipinski definition) is 0. The van der Waals surface area contributed by atoms with Gasteiger partial charge in [-0.05, 0) is 41.8 Å². The van der Waals surface area contributed by atoms with Crippen LogP contribution in [0.25, 0.3) is 0 Å². The number of fused-ring (bicyclic) bond motifs is 1. The average Bonchev–Trinajstić information content (AvgIpc) is 2.84. The molecule has 0 saturated carbocycles. The summed E-state index contributed by atoms with van der Waals surface area (Å²) < 4.78 is 16.5. The molecule has 174 valence electrons. The van der Waals surface area contributed by atoms with Crippen LogP contribution in [0.3, 0.4) is 0 Å². The molecule has 1 fully saturated rings. The van der Waals surface area contributed by atoms with Crippen LogP contribution in [0.1, 0.15) is 35.7 Å². The fourth-order valence-electron chi connectivity index (χ4n) is 3.78. The van der Waals surface area contributed by atoms with E-state index in [1.807, 2.05) is 24.3 Å². The van der Waals surface area contributed by atoms with Crippen LogP contribution in [0, 0.1) is 0 Å². The van der Waals surface area contributed by atoms with Gasteiger partial charge in [-0.1, -0.05) is 26.0 Å². The summed E-state index contributed by atoms with van der Waals surface area (Å²) in [5.41, 5.74) is 1.99. The van der Waals surface area contributed by atoms with E-state index in [2.05, 4.69) is 13.8 Å². The number of morpholine rings is 1. The molecule has 0 atom stereocenters. The van der Waals surface area contributed by atoms with Crippen molar-refractivity contribution in [3.63, 3.8) is 0 Å². The van der Waals surface area contributed by atoms with E-state index in [9.17, 15) is 14.4 Å². The lowest BCUT2D eigenvalue weighted by atomic mass is 10.0. The first-order valence-corrected chi connectivity index (χ1v) is 11.1. The smallest absolute Gasteiger partial charge is 0.265 e. The second kappa shape index (κ2) is 10.0. The zero-order chi connectivity index (χ0) is 23.4. The van der Waals surface area contributed by atoms with Crippen LogP contribution in [0.15, 0.2) is 42.5 Å². The third kappa shape index (κ3) is 5.34. The van der Waals surface area contributed by atoms with Crippen molar-refractivity contribution in [3.05, 3.63) is 53.6 Å². The summed E-state index contributed by atoms with van der Waals surface area (Å²) in [7, 11) is 0. The molecule has 4 rings (SSSR count). The molecule has 2 aromatic rings. The highest BCUT2D eigenvalue weighted by Gasteiger charge is 2.30. The van der Waals surface area contributed by atoms with Crippen LogP contribution in [0.4, 0.5) is 5.69 Å². The lowest BCUT2D eigenvalue weighted by Gasteiger charge is -2.32. The van der Waals surface area contributed by atoms with Crippen molar-refractivity contribution in [2.45, 2.75) is 19.8 Å². The molecule has 0 radical (unpaired) electrons. The molecule has 0 aliphatic carbocycles. The fourth-order valence-corrected chi connectivity index (χ4v) is 3.78. The van der Waals surface area contributed by atoms with Gasteiger partial charge in [0.1, 0.15) is 18.0 Å². The molecule has 8 nitrogen and oxygen atoms in total. The first-order valence-electron chi connectivity index (χ1n) is 11.1. The van der Waals surface area contributed by atoms with Crippen molar-refractivity contribution >= 4 is 23.3 Å². The van der Waals surface area contributed by atoms with Crippen molar-refractivity contribution in [1.29, 1.82) is 0 Å². The molecule has 0 bridgehead atoms. The highest BCUT2D eigenvalue weighted by molar-refractivity contribution is 6.04. The van der Waals surface area contributed by atoms with E-state index in [1.54, 1.807) is 23.1 Å². The molecule has 2 aliphatic rings. The largest absolute Gasteiger partial charge is 0.485 e. The standard InChI is InChI=1S/C25H28N2O6/c1-17(2)18-3-6-20(7-4-18)32-15-22(28)19-5-8-23-21(13-19)27(25(30)16-33-23)14-24(29)26-9-11-31-12-10-26/h3-8,13,17H,9-12,14-16H2,1-2H3. The fraction of sp³-hybridized carbons (Fsp3) is 0.400. The van der Waals surface area contributed by atoms with Crippen LogP contribution < -0.4 is 14.4 Å². The van der Waals surface area contributed by atoms with Gasteiger partial charge >= 0.3 is 0 Å². The van der Waals surface area contributed by atoms with Crippen molar-refractivity contribution in [2.24, 2.45) is 0 Å². The zero-order valence-electron chi connectivity index (χ0n) is 18.9. The number of ether oxygens (including phenoxy) is 3. The summed E-state index contributed by atoms with van der Waals surface area (Å²) in [5, 5.41) is 0. The maximum atomic E-state index is 12.8. The number of rotatable bonds is 7. The Hall–Kier alpha value is -3.39. The molecule has 0 aromatic heterocycles. The van der Waals surface area contributed by atoms with Gasteiger partial charge in [-0.3, -0.25) is 19.3 Å². The average molecular weight is 453 g/mol. The Bertz CT molecular complexity index is 1030. The predicted octanol–water partition coefficient (Wildman–Crippen LogP) is 2.66. The number of nitrogens with zero attached hydrogens (tertiary/aromatic N) is 2. The monoisotopic (exact) mass is 452 g/mol. The van der Waals surface area contributed by atoms with E-state index in [1.165, 1.54) is 10.5 Å². The molecule has 0 unspecified atom stereocenters. The van der Waals surface area contributed by atoms with Gasteiger partial charge in [0.25, 0.3) is 5.91 Å². The number of carbonyl (C=O) groups excluding carboxylic acids is 3. The summed E-state index contributed by atoms with van der Waals surface area (Å²) >= 11 is 0. The van der Waals surface area contributed by atoms with Crippen LogP contribution in [0.5, 0.6) is 11.5 Å². The second-order valence-corrected chi connectivity index (χ2v) is 8.38. The number of anilines is 1. The third-order valence-corrected chi connectivity index (χ3v) is 5.80. The Labute approximate surface area is 193 Å². The van der Waals surface area contributed by atoms with Crippen LogP contribution >= 0.6 is 0 Å². The van der Waals surface area contributed by atoms with E-state index in [-0.39, 0.29) is 37.4 Å². The first kappa shape index (κ1) is 22.8. The summed E-state index contributed by atoms with van der Waals surface area (Å²) in [5.74, 6) is 0.773. The van der Waals surface area contributed by atoms with Crippen molar-refractivity contribution in [1.82, 2.24) is 4.90 Å². The Morgan fingerprint density at radius 2 is 1.79 bits per heavy atom. The number of hydrogen-bond acceptors (Lipinski definition) is 6. The Balaban J connectivity index is 1.45. The maximum absolute atomic E-state index is 12.8. The molecule has 0 N–H and O–H groups in total. The summed E-state index contributed by atoms with van der Waals surface area (Å²) in [6, 6.07) is 12.5. The van der Waals surface area contributed by atoms with Gasteiger partial charge in [0.05, 0.1) is 18.9 Å². The lowest BCUT2D eigenvalue weighted by Crippen LogP contribution is -2.49. The molecular formula is C25H28N2O6. The molecule has 2 heterocycles.